The Labute approximate surface area is 475 Å². The van der Waals surface area contributed by atoms with Crippen molar-refractivity contribution in [3.05, 3.63) is 265 Å². The molecule has 0 atom stereocenters. The molecule has 3 nitrogen and oxygen atoms in total. The number of anilines is 8. The van der Waals surface area contributed by atoms with Crippen LogP contribution in [0.5, 0.6) is 0 Å². The van der Waals surface area contributed by atoms with Gasteiger partial charge in [0.2, 0.25) is 0 Å². The van der Waals surface area contributed by atoms with Crippen molar-refractivity contribution in [1.82, 2.24) is 0 Å². The molecule has 0 amide bonds. The van der Waals surface area contributed by atoms with Gasteiger partial charge in [-0.25, -0.2) is 0 Å². The number of aryl methyl sites for hydroxylation is 1. The van der Waals surface area contributed by atoms with E-state index in [1.165, 1.54) is 104 Å². The third-order valence-corrected chi connectivity index (χ3v) is 17.8. The van der Waals surface area contributed by atoms with Crippen LogP contribution in [0.2, 0.25) is 0 Å². The molecule has 12 aromatic rings. The first-order valence-electron chi connectivity index (χ1n) is 28.1. The van der Waals surface area contributed by atoms with Crippen molar-refractivity contribution >= 4 is 94.8 Å². The minimum atomic E-state index is -0.209. The van der Waals surface area contributed by atoms with Crippen LogP contribution in [0.1, 0.15) is 58.2 Å². The van der Waals surface area contributed by atoms with Crippen molar-refractivity contribution in [3.8, 4) is 44.5 Å². The van der Waals surface area contributed by atoms with E-state index in [9.17, 15) is 0 Å². The van der Waals surface area contributed by atoms with E-state index in [0.717, 1.165) is 34.1 Å². The first-order chi connectivity index (χ1) is 38.9. The van der Waals surface area contributed by atoms with E-state index >= 15 is 0 Å². The highest BCUT2D eigenvalue weighted by Gasteiger charge is 2.47. The van der Waals surface area contributed by atoms with Gasteiger partial charge in [0.15, 0.2) is 0 Å². The molecule has 0 saturated carbocycles. The molecule has 0 unspecified atom stereocenters. The largest absolute Gasteiger partial charge is 0.376 e. The zero-order valence-corrected chi connectivity index (χ0v) is 47.3. The molecule has 80 heavy (non-hydrogen) atoms. The van der Waals surface area contributed by atoms with Gasteiger partial charge in [-0.1, -0.05) is 211 Å². The predicted molar refractivity (Wildman–Crippen MR) is 346 cm³/mol. The smallest absolute Gasteiger partial charge is 0.333 e. The fourth-order valence-corrected chi connectivity index (χ4v) is 13.7. The maximum Gasteiger partial charge on any atom is 0.333 e. The molecule has 386 valence electrons. The molecule has 2 aliphatic heterocycles. The summed E-state index contributed by atoms with van der Waals surface area (Å²) >= 11 is 1.90. The van der Waals surface area contributed by atoms with Crippen LogP contribution in [0.15, 0.2) is 249 Å². The second-order valence-electron chi connectivity index (χ2n) is 23.8. The summed E-state index contributed by atoms with van der Waals surface area (Å²) in [5.74, 6) is 0. The third-order valence-electron chi connectivity index (χ3n) is 16.7. The monoisotopic (exact) mass is 1050 g/mol. The van der Waals surface area contributed by atoms with Gasteiger partial charge in [0.25, 0.3) is 0 Å². The number of nitrogens with zero attached hydrogens (tertiary/aromatic N) is 3. The molecule has 3 heterocycles. The minimum absolute atomic E-state index is 0.0122. The molecule has 5 heteroatoms. The topological polar surface area (TPSA) is 9.72 Å². The highest BCUT2D eigenvalue weighted by Crippen LogP contribution is 2.54. The Balaban J connectivity index is 1.08. The summed E-state index contributed by atoms with van der Waals surface area (Å²) in [5, 5.41) is 2.62. The molecule has 0 N–H and O–H groups in total. The van der Waals surface area contributed by atoms with Gasteiger partial charge >= 0.3 is 6.85 Å². The summed E-state index contributed by atoms with van der Waals surface area (Å²) in [6.45, 7) is 15.8. The number of rotatable bonds is 8. The van der Waals surface area contributed by atoms with Crippen molar-refractivity contribution in [2.75, 3.05) is 14.6 Å². The normalized spacial score (nSPS) is 12.9. The van der Waals surface area contributed by atoms with Gasteiger partial charge in [-0.2, -0.15) is 0 Å². The summed E-state index contributed by atoms with van der Waals surface area (Å²) in [6.07, 6.45) is 0. The lowest BCUT2D eigenvalue weighted by atomic mass is 9.43. The SMILES string of the molecule is Cc1cc(-c2ccccc2)ccc1N1c2cc(N(c3ccc(C(C)(C)C)cc3)c3ccc(C(C)(C)C)cc3)ccc2B2c3c1cc1sc4ccccc4c1c3-c1ccc(-c3ccccc3)cc1N2c1ccc(-c2ccccc2)cc1. The molecule has 0 fully saturated rings. The summed E-state index contributed by atoms with van der Waals surface area (Å²) in [7, 11) is 0. The maximum absolute atomic E-state index is 2.66. The van der Waals surface area contributed by atoms with Crippen molar-refractivity contribution < 1.29 is 0 Å². The van der Waals surface area contributed by atoms with Crippen LogP contribution in [0.4, 0.5) is 45.5 Å². The molecule has 11 aromatic carbocycles. The number of thiophene rings is 1. The van der Waals surface area contributed by atoms with Gasteiger partial charge in [-0.15, -0.1) is 11.3 Å². The zero-order chi connectivity index (χ0) is 54.4. The molecular formula is C75H62BN3S. The first-order valence-corrected chi connectivity index (χ1v) is 28.9. The average molecular weight is 1050 g/mol. The standard InChI is InChI=1S/C75H62BN3S/c1-49-45-54(51-21-13-9-14-22-51)30-44-65(49)78-67-47-61(77(58-37-31-56(32-38-58)74(2,3)4)59-39-33-57(34-40-59)75(5,6)7)41-43-64(67)76-73-68(78)48-70-71(63-25-17-18-26-69(63)80-70)72(73)62-42-29-55(52-23-15-10-16-24-52)46-66(62)79(76)60-35-27-53(28-36-60)50-19-11-8-12-20-50/h8-48H,1-7H3. The lowest BCUT2D eigenvalue weighted by Crippen LogP contribution is -2.61. The average Bonchev–Trinajstić information content (AvgIpc) is 2.13. The Morgan fingerprint density at radius 3 is 1.50 bits per heavy atom. The Hall–Kier alpha value is -8.90. The molecule has 0 radical (unpaired) electrons. The van der Waals surface area contributed by atoms with E-state index in [0.29, 0.717) is 0 Å². The van der Waals surface area contributed by atoms with E-state index in [1.54, 1.807) is 0 Å². The molecule has 2 aliphatic rings. The van der Waals surface area contributed by atoms with E-state index in [1.807, 2.05) is 11.3 Å². The number of fused-ring (bicyclic) bond motifs is 8. The van der Waals surface area contributed by atoms with Gasteiger partial charge in [0.05, 0.1) is 0 Å². The summed E-state index contributed by atoms with van der Waals surface area (Å²) in [6, 6.07) is 93.4. The van der Waals surface area contributed by atoms with Gasteiger partial charge < -0.3 is 14.6 Å². The second kappa shape index (κ2) is 19.2. The van der Waals surface area contributed by atoms with Crippen molar-refractivity contribution in [3.63, 3.8) is 0 Å². The number of benzene rings is 11. The highest BCUT2D eigenvalue weighted by atomic mass is 32.1. The van der Waals surface area contributed by atoms with Gasteiger partial charge in [-0.3, -0.25) is 0 Å². The second-order valence-corrected chi connectivity index (χ2v) is 24.9. The molecule has 0 bridgehead atoms. The fraction of sp³-hybridized carbons (Fsp3) is 0.120. The Kier molecular flexibility index (Phi) is 11.8. The molecule has 0 saturated heterocycles. The van der Waals surface area contributed by atoms with Crippen LogP contribution in [0.3, 0.4) is 0 Å². The third kappa shape index (κ3) is 8.42. The van der Waals surface area contributed by atoms with Crippen LogP contribution in [0, 0.1) is 6.92 Å². The van der Waals surface area contributed by atoms with Crippen molar-refractivity contribution in [2.45, 2.75) is 59.3 Å². The lowest BCUT2D eigenvalue weighted by molar-refractivity contribution is 0.590. The Morgan fingerprint density at radius 1 is 0.400 bits per heavy atom. The number of hydrogen-bond acceptors (Lipinski definition) is 4. The molecular weight excluding hydrogens is 986 g/mol. The molecule has 0 aliphatic carbocycles. The van der Waals surface area contributed by atoms with Crippen LogP contribution >= 0.6 is 11.3 Å². The Bertz CT molecular complexity index is 4250. The number of hydrogen-bond donors (Lipinski definition) is 0. The van der Waals surface area contributed by atoms with Crippen LogP contribution in [-0.4, -0.2) is 6.85 Å². The molecule has 14 rings (SSSR count). The zero-order valence-electron chi connectivity index (χ0n) is 46.5. The molecule has 1 aromatic heterocycles. The summed E-state index contributed by atoms with van der Waals surface area (Å²) in [4.78, 5) is 7.74. The Morgan fingerprint density at radius 2 is 0.912 bits per heavy atom. The molecule has 0 spiro atoms. The first kappa shape index (κ1) is 49.4. The fourth-order valence-electron chi connectivity index (χ4n) is 12.5. The van der Waals surface area contributed by atoms with E-state index < -0.39 is 0 Å². The van der Waals surface area contributed by atoms with Crippen LogP contribution in [-0.2, 0) is 10.8 Å². The van der Waals surface area contributed by atoms with Crippen LogP contribution < -0.4 is 25.5 Å². The summed E-state index contributed by atoms with van der Waals surface area (Å²) in [5.41, 5.74) is 25.3. The van der Waals surface area contributed by atoms with E-state index in [4.69, 9.17) is 0 Å². The lowest BCUT2D eigenvalue weighted by Gasteiger charge is -2.46. The van der Waals surface area contributed by atoms with E-state index in [2.05, 4.69) is 312 Å². The van der Waals surface area contributed by atoms with Crippen molar-refractivity contribution in [2.24, 2.45) is 0 Å². The maximum atomic E-state index is 2.66. The quantitative estimate of drug-likeness (QED) is 0.140. The van der Waals surface area contributed by atoms with Crippen LogP contribution in [0.25, 0.3) is 64.7 Å². The van der Waals surface area contributed by atoms with E-state index in [-0.39, 0.29) is 17.7 Å². The highest BCUT2D eigenvalue weighted by molar-refractivity contribution is 7.26. The minimum Gasteiger partial charge on any atom is -0.376 e. The van der Waals surface area contributed by atoms with Crippen molar-refractivity contribution in [1.29, 1.82) is 0 Å². The summed E-state index contributed by atoms with van der Waals surface area (Å²) < 4.78 is 2.57. The van der Waals surface area contributed by atoms with Gasteiger partial charge in [0.1, 0.15) is 0 Å². The van der Waals surface area contributed by atoms with Gasteiger partial charge in [0, 0.05) is 71.2 Å². The van der Waals surface area contributed by atoms with Gasteiger partial charge in [-0.05, 0) is 163 Å². The predicted octanol–water partition coefficient (Wildman–Crippen LogP) is 20.1.